The van der Waals surface area contributed by atoms with Crippen LogP contribution >= 0.6 is 11.3 Å². The summed E-state index contributed by atoms with van der Waals surface area (Å²) < 4.78 is 0. The third kappa shape index (κ3) is 4.07. The van der Waals surface area contributed by atoms with Crippen molar-refractivity contribution in [3.05, 3.63) is 34.7 Å². The van der Waals surface area contributed by atoms with Crippen LogP contribution in [0, 0.1) is 11.8 Å². The highest BCUT2D eigenvalue weighted by Crippen LogP contribution is 2.08. The number of nitrogens with zero attached hydrogens (tertiary/aromatic N) is 1. The summed E-state index contributed by atoms with van der Waals surface area (Å²) in [6.45, 7) is 3.67. The lowest BCUT2D eigenvalue weighted by molar-refractivity contribution is -0.154. The first-order chi connectivity index (χ1) is 8.52. The summed E-state index contributed by atoms with van der Waals surface area (Å²) in [7, 11) is 1.39. The molecule has 0 fully saturated rings. The summed E-state index contributed by atoms with van der Waals surface area (Å²) >= 11 is 1.56. The molecule has 0 bridgehead atoms. The molecule has 0 aliphatic rings. The second-order valence-electron chi connectivity index (χ2n) is 3.51. The van der Waals surface area contributed by atoms with E-state index in [2.05, 4.69) is 18.4 Å². The molecule has 18 heavy (non-hydrogen) atoms. The summed E-state index contributed by atoms with van der Waals surface area (Å²) in [6.07, 6.45) is 1.00. The van der Waals surface area contributed by atoms with Crippen molar-refractivity contribution in [1.29, 1.82) is 0 Å². The van der Waals surface area contributed by atoms with Crippen molar-refractivity contribution in [2.75, 3.05) is 7.05 Å². The minimum Gasteiger partial charge on any atom is -0.474 e. The van der Waals surface area contributed by atoms with Gasteiger partial charge in [0.15, 0.2) is 0 Å². The van der Waals surface area contributed by atoms with Crippen molar-refractivity contribution in [2.45, 2.75) is 12.8 Å². The highest BCUT2D eigenvalue weighted by Gasteiger charge is 2.18. The van der Waals surface area contributed by atoms with Crippen LogP contribution in [-0.4, -0.2) is 28.9 Å². The number of allylic oxidation sites excluding steroid dienone is 1. The lowest BCUT2D eigenvalue weighted by Crippen LogP contribution is -2.32. The molecule has 0 spiro atoms. The molecule has 5 heteroatoms. The van der Waals surface area contributed by atoms with Crippen LogP contribution in [0.25, 0.3) is 0 Å². The Morgan fingerprint density at radius 1 is 1.56 bits per heavy atom. The SMILES string of the molecule is C=C(CCC#Cc1cccs1)N(C)C(=O)C(=O)O. The normalized spacial score (nSPS) is 9.17. The van der Waals surface area contributed by atoms with E-state index in [0.717, 1.165) is 9.78 Å². The molecule has 94 valence electrons. The van der Waals surface area contributed by atoms with Crippen LogP contribution in [0.3, 0.4) is 0 Å². The number of amides is 1. The van der Waals surface area contributed by atoms with Crippen molar-refractivity contribution in [3.63, 3.8) is 0 Å². The van der Waals surface area contributed by atoms with Gasteiger partial charge in [-0.1, -0.05) is 24.5 Å². The van der Waals surface area contributed by atoms with Crippen molar-refractivity contribution in [2.24, 2.45) is 0 Å². The molecule has 0 aliphatic carbocycles. The molecule has 1 amide bonds. The van der Waals surface area contributed by atoms with Gasteiger partial charge in [0.25, 0.3) is 0 Å². The minimum absolute atomic E-state index is 0.447. The molecule has 0 saturated carbocycles. The first-order valence-corrected chi connectivity index (χ1v) is 6.11. The van der Waals surface area contributed by atoms with Gasteiger partial charge in [0.1, 0.15) is 0 Å². The molecule has 0 atom stereocenters. The van der Waals surface area contributed by atoms with E-state index in [1.54, 1.807) is 11.3 Å². The molecule has 0 unspecified atom stereocenters. The maximum Gasteiger partial charge on any atom is 0.394 e. The van der Waals surface area contributed by atoms with Gasteiger partial charge in [-0.05, 0) is 17.9 Å². The third-order valence-corrected chi connectivity index (χ3v) is 3.02. The number of hydrogen-bond acceptors (Lipinski definition) is 3. The molecule has 1 aromatic heterocycles. The van der Waals surface area contributed by atoms with Gasteiger partial charge in [-0.2, -0.15) is 0 Å². The molecule has 1 aromatic rings. The van der Waals surface area contributed by atoms with Gasteiger partial charge in [-0.25, -0.2) is 4.79 Å². The molecule has 0 radical (unpaired) electrons. The maximum atomic E-state index is 11.1. The van der Waals surface area contributed by atoms with Crippen LogP contribution in [0.4, 0.5) is 0 Å². The molecule has 0 saturated heterocycles. The van der Waals surface area contributed by atoms with Crippen molar-refractivity contribution < 1.29 is 14.7 Å². The summed E-state index contributed by atoms with van der Waals surface area (Å²) in [4.78, 5) is 23.6. The van der Waals surface area contributed by atoms with Crippen molar-refractivity contribution >= 4 is 23.2 Å². The summed E-state index contributed by atoms with van der Waals surface area (Å²) in [5, 5.41) is 10.5. The lowest BCUT2D eigenvalue weighted by Gasteiger charge is -2.16. The topological polar surface area (TPSA) is 57.6 Å². The first-order valence-electron chi connectivity index (χ1n) is 5.23. The van der Waals surface area contributed by atoms with Crippen LogP contribution in [-0.2, 0) is 9.59 Å². The third-order valence-electron chi connectivity index (χ3n) is 2.23. The molecular formula is C13H13NO3S. The fourth-order valence-electron chi connectivity index (χ4n) is 1.16. The number of likely N-dealkylation sites (N-methyl/N-ethyl adjacent to an activating group) is 1. The Morgan fingerprint density at radius 3 is 2.83 bits per heavy atom. The number of hydrogen-bond donors (Lipinski definition) is 1. The smallest absolute Gasteiger partial charge is 0.394 e. The number of carboxylic acid groups (broad SMARTS) is 1. The second kappa shape index (κ2) is 6.62. The molecule has 1 N–H and O–H groups in total. The van der Waals surface area contributed by atoms with Gasteiger partial charge in [-0.3, -0.25) is 4.79 Å². The lowest BCUT2D eigenvalue weighted by atomic mass is 10.2. The van der Waals surface area contributed by atoms with E-state index in [0.29, 0.717) is 18.5 Å². The number of carbonyl (C=O) groups excluding carboxylic acids is 1. The second-order valence-corrected chi connectivity index (χ2v) is 4.46. The van der Waals surface area contributed by atoms with Crippen LogP contribution < -0.4 is 0 Å². The van der Waals surface area contributed by atoms with E-state index in [-0.39, 0.29) is 0 Å². The molecular weight excluding hydrogens is 250 g/mol. The molecule has 0 aliphatic heterocycles. The standard InChI is InChI=1S/C13H13NO3S/c1-10(14(2)12(15)13(16)17)6-3-4-7-11-8-5-9-18-11/h5,8-9H,1,3,6H2,2H3,(H,16,17). The zero-order chi connectivity index (χ0) is 13.5. The largest absolute Gasteiger partial charge is 0.474 e. The Morgan fingerprint density at radius 2 is 2.28 bits per heavy atom. The number of rotatable bonds is 3. The van der Waals surface area contributed by atoms with Crippen LogP contribution in [0.2, 0.25) is 0 Å². The minimum atomic E-state index is -1.48. The average molecular weight is 263 g/mol. The highest BCUT2D eigenvalue weighted by molar-refractivity contribution is 7.10. The summed E-state index contributed by atoms with van der Waals surface area (Å²) in [5.41, 5.74) is 0.447. The Labute approximate surface area is 110 Å². The zero-order valence-electron chi connectivity index (χ0n) is 9.97. The van der Waals surface area contributed by atoms with E-state index in [9.17, 15) is 9.59 Å². The monoisotopic (exact) mass is 263 g/mol. The number of carboxylic acids is 1. The van der Waals surface area contributed by atoms with Crippen LogP contribution in [0.1, 0.15) is 17.7 Å². The van der Waals surface area contributed by atoms with E-state index in [4.69, 9.17) is 5.11 Å². The van der Waals surface area contributed by atoms with E-state index < -0.39 is 11.9 Å². The number of thiophene rings is 1. The van der Waals surface area contributed by atoms with Gasteiger partial charge in [0.05, 0.1) is 4.88 Å². The van der Waals surface area contributed by atoms with E-state index in [1.807, 2.05) is 17.5 Å². The Hall–Kier alpha value is -2.06. The average Bonchev–Trinajstić information content (AvgIpc) is 2.85. The maximum absolute atomic E-state index is 11.1. The molecule has 1 rings (SSSR count). The van der Waals surface area contributed by atoms with Crippen molar-refractivity contribution in [3.8, 4) is 11.8 Å². The summed E-state index contributed by atoms with van der Waals surface area (Å²) in [6, 6.07) is 3.85. The van der Waals surface area contributed by atoms with E-state index >= 15 is 0 Å². The Balaban J connectivity index is 2.42. The summed E-state index contributed by atoms with van der Waals surface area (Å²) in [5.74, 6) is 3.47. The van der Waals surface area contributed by atoms with Crippen molar-refractivity contribution in [1.82, 2.24) is 4.90 Å². The van der Waals surface area contributed by atoms with Crippen LogP contribution in [0.5, 0.6) is 0 Å². The molecule has 1 heterocycles. The van der Waals surface area contributed by atoms with Gasteiger partial charge >= 0.3 is 11.9 Å². The predicted octanol–water partition coefficient (Wildman–Crippen LogP) is 1.94. The molecule has 4 nitrogen and oxygen atoms in total. The zero-order valence-corrected chi connectivity index (χ0v) is 10.8. The number of aliphatic carboxylic acids is 1. The fraction of sp³-hybridized carbons (Fsp3) is 0.231. The Kier molecular flexibility index (Phi) is 5.15. The first kappa shape index (κ1) is 14.0. The predicted molar refractivity (Wildman–Crippen MR) is 70.0 cm³/mol. The van der Waals surface area contributed by atoms with Gasteiger partial charge in [0, 0.05) is 19.2 Å². The Bertz CT molecular complexity index is 508. The quantitative estimate of drug-likeness (QED) is 0.669. The fourth-order valence-corrected chi connectivity index (χ4v) is 1.75. The molecule has 0 aromatic carbocycles. The van der Waals surface area contributed by atoms with Gasteiger partial charge in [-0.15, -0.1) is 11.3 Å². The van der Waals surface area contributed by atoms with Gasteiger partial charge < -0.3 is 10.0 Å². The van der Waals surface area contributed by atoms with Gasteiger partial charge in [0.2, 0.25) is 0 Å². The highest BCUT2D eigenvalue weighted by atomic mass is 32.1. The van der Waals surface area contributed by atoms with Crippen LogP contribution in [0.15, 0.2) is 29.8 Å². The number of carbonyl (C=O) groups is 2. The van der Waals surface area contributed by atoms with E-state index in [1.165, 1.54) is 7.05 Å².